The fraction of sp³-hybridized carbons (Fsp3) is 0.333. The zero-order chi connectivity index (χ0) is 15.5. The van der Waals surface area contributed by atoms with Gasteiger partial charge in [-0.25, -0.2) is 4.98 Å². The van der Waals surface area contributed by atoms with Crippen molar-refractivity contribution in [1.82, 2.24) is 15.0 Å². The van der Waals surface area contributed by atoms with Crippen molar-refractivity contribution < 1.29 is 4.74 Å². The Bertz CT molecular complexity index is 763. The van der Waals surface area contributed by atoms with Gasteiger partial charge in [0.25, 0.3) is 0 Å². The minimum atomic E-state index is 0.669. The summed E-state index contributed by atoms with van der Waals surface area (Å²) in [5, 5.41) is 0. The second-order valence-corrected chi connectivity index (χ2v) is 5.93. The summed E-state index contributed by atoms with van der Waals surface area (Å²) >= 11 is 0. The highest BCUT2D eigenvalue weighted by molar-refractivity contribution is 5.87. The number of nitrogens with zero attached hydrogens (tertiary/aromatic N) is 2. The SMILES string of the molecule is COc1cc(-c2ccncc2)cc2[nH]c(CCC(C)C)nc12. The summed E-state index contributed by atoms with van der Waals surface area (Å²) in [4.78, 5) is 12.2. The lowest BCUT2D eigenvalue weighted by molar-refractivity contribution is 0.419. The third-order valence-electron chi connectivity index (χ3n) is 3.79. The van der Waals surface area contributed by atoms with Crippen molar-refractivity contribution in [2.45, 2.75) is 26.7 Å². The fourth-order valence-corrected chi connectivity index (χ4v) is 2.55. The monoisotopic (exact) mass is 295 g/mol. The average molecular weight is 295 g/mol. The summed E-state index contributed by atoms with van der Waals surface area (Å²) in [6.07, 6.45) is 5.68. The Kier molecular flexibility index (Phi) is 4.09. The van der Waals surface area contributed by atoms with E-state index in [0.29, 0.717) is 5.92 Å². The van der Waals surface area contributed by atoms with Crippen molar-refractivity contribution in [2.75, 3.05) is 7.11 Å². The normalized spacial score (nSPS) is 11.3. The van der Waals surface area contributed by atoms with Gasteiger partial charge in [0.05, 0.1) is 12.6 Å². The van der Waals surface area contributed by atoms with Gasteiger partial charge in [-0.15, -0.1) is 0 Å². The first-order valence-electron chi connectivity index (χ1n) is 7.64. The van der Waals surface area contributed by atoms with Crippen LogP contribution in [0.25, 0.3) is 22.2 Å². The molecule has 0 aliphatic heterocycles. The van der Waals surface area contributed by atoms with Crippen LogP contribution in [0, 0.1) is 5.92 Å². The van der Waals surface area contributed by atoms with E-state index >= 15 is 0 Å². The van der Waals surface area contributed by atoms with Gasteiger partial charge in [0.2, 0.25) is 0 Å². The van der Waals surface area contributed by atoms with Crippen LogP contribution in [-0.2, 0) is 6.42 Å². The number of imidazole rings is 1. The van der Waals surface area contributed by atoms with E-state index in [1.165, 1.54) is 0 Å². The average Bonchev–Trinajstić information content (AvgIpc) is 2.95. The number of rotatable bonds is 5. The van der Waals surface area contributed by atoms with Gasteiger partial charge in [0.1, 0.15) is 17.1 Å². The van der Waals surface area contributed by atoms with E-state index in [1.54, 1.807) is 19.5 Å². The van der Waals surface area contributed by atoms with Crippen LogP contribution in [0.5, 0.6) is 5.75 Å². The standard InChI is InChI=1S/C18H21N3O/c1-12(2)4-5-17-20-15-10-14(13-6-8-19-9-7-13)11-16(22-3)18(15)21-17/h6-12H,4-5H2,1-3H3,(H,20,21). The molecule has 2 heterocycles. The maximum Gasteiger partial charge on any atom is 0.147 e. The highest BCUT2D eigenvalue weighted by Crippen LogP contribution is 2.31. The Balaban J connectivity index is 2.03. The third-order valence-corrected chi connectivity index (χ3v) is 3.79. The fourth-order valence-electron chi connectivity index (χ4n) is 2.55. The highest BCUT2D eigenvalue weighted by atomic mass is 16.5. The van der Waals surface area contributed by atoms with Crippen molar-refractivity contribution in [3.05, 3.63) is 42.5 Å². The molecule has 3 aromatic rings. The van der Waals surface area contributed by atoms with Gasteiger partial charge in [-0.05, 0) is 47.7 Å². The Morgan fingerprint density at radius 1 is 1.14 bits per heavy atom. The molecule has 4 nitrogen and oxygen atoms in total. The summed E-state index contributed by atoms with van der Waals surface area (Å²) in [6.45, 7) is 4.45. The van der Waals surface area contributed by atoms with Crippen molar-refractivity contribution in [3.63, 3.8) is 0 Å². The van der Waals surface area contributed by atoms with Gasteiger partial charge >= 0.3 is 0 Å². The predicted octanol–water partition coefficient (Wildman–Crippen LogP) is 4.22. The zero-order valence-corrected chi connectivity index (χ0v) is 13.3. The largest absolute Gasteiger partial charge is 0.494 e. The number of ether oxygens (including phenoxy) is 1. The zero-order valence-electron chi connectivity index (χ0n) is 13.3. The van der Waals surface area contributed by atoms with Crippen molar-refractivity contribution >= 4 is 11.0 Å². The summed E-state index contributed by atoms with van der Waals surface area (Å²) < 4.78 is 5.53. The molecule has 22 heavy (non-hydrogen) atoms. The van der Waals surface area contributed by atoms with Crippen molar-refractivity contribution in [2.24, 2.45) is 5.92 Å². The van der Waals surface area contributed by atoms with Crippen molar-refractivity contribution in [1.29, 1.82) is 0 Å². The quantitative estimate of drug-likeness (QED) is 0.766. The Morgan fingerprint density at radius 2 is 1.91 bits per heavy atom. The van der Waals surface area contributed by atoms with Crippen LogP contribution in [-0.4, -0.2) is 22.1 Å². The van der Waals surface area contributed by atoms with Crippen LogP contribution in [0.15, 0.2) is 36.7 Å². The molecule has 0 unspecified atom stereocenters. The molecule has 2 aromatic heterocycles. The number of fused-ring (bicyclic) bond motifs is 1. The maximum atomic E-state index is 5.53. The van der Waals surface area contributed by atoms with E-state index < -0.39 is 0 Å². The van der Waals surface area contributed by atoms with Gasteiger partial charge < -0.3 is 9.72 Å². The topological polar surface area (TPSA) is 50.8 Å². The lowest BCUT2D eigenvalue weighted by Gasteiger charge is -2.05. The van der Waals surface area contributed by atoms with Crippen LogP contribution in [0.3, 0.4) is 0 Å². The minimum Gasteiger partial charge on any atom is -0.494 e. The van der Waals surface area contributed by atoms with Crippen LogP contribution < -0.4 is 4.74 Å². The van der Waals surface area contributed by atoms with Crippen LogP contribution in [0.2, 0.25) is 0 Å². The summed E-state index contributed by atoms with van der Waals surface area (Å²) in [7, 11) is 1.69. The van der Waals surface area contributed by atoms with Crippen LogP contribution in [0.1, 0.15) is 26.1 Å². The number of pyridine rings is 1. The number of benzene rings is 1. The Labute approximate surface area is 130 Å². The number of hydrogen-bond acceptors (Lipinski definition) is 3. The van der Waals surface area contributed by atoms with E-state index in [1.807, 2.05) is 18.2 Å². The smallest absolute Gasteiger partial charge is 0.147 e. The lowest BCUT2D eigenvalue weighted by Crippen LogP contribution is -1.93. The molecule has 0 saturated heterocycles. The number of nitrogens with one attached hydrogen (secondary N) is 1. The molecule has 0 atom stereocenters. The second kappa shape index (κ2) is 6.18. The number of aromatic amines is 1. The van der Waals surface area contributed by atoms with Gasteiger partial charge in [-0.3, -0.25) is 4.98 Å². The van der Waals surface area contributed by atoms with E-state index in [4.69, 9.17) is 9.72 Å². The first-order chi connectivity index (χ1) is 10.7. The molecule has 1 aromatic carbocycles. The molecule has 0 aliphatic carbocycles. The number of aryl methyl sites for hydroxylation is 1. The second-order valence-electron chi connectivity index (χ2n) is 5.93. The summed E-state index contributed by atoms with van der Waals surface area (Å²) in [5.74, 6) is 2.49. The van der Waals surface area contributed by atoms with E-state index in [2.05, 4.69) is 29.9 Å². The van der Waals surface area contributed by atoms with Crippen LogP contribution in [0.4, 0.5) is 0 Å². The summed E-state index contributed by atoms with van der Waals surface area (Å²) in [6, 6.07) is 8.15. The number of hydrogen-bond donors (Lipinski definition) is 1. The molecular formula is C18H21N3O. The molecular weight excluding hydrogens is 274 g/mol. The number of aromatic nitrogens is 3. The highest BCUT2D eigenvalue weighted by Gasteiger charge is 2.11. The molecule has 0 spiro atoms. The Hall–Kier alpha value is -2.36. The van der Waals surface area contributed by atoms with E-state index in [9.17, 15) is 0 Å². The minimum absolute atomic E-state index is 0.669. The molecule has 0 saturated carbocycles. The van der Waals surface area contributed by atoms with Gasteiger partial charge in [0.15, 0.2) is 0 Å². The molecule has 0 aliphatic rings. The van der Waals surface area contributed by atoms with E-state index in [0.717, 1.165) is 46.6 Å². The van der Waals surface area contributed by atoms with Gasteiger partial charge in [-0.1, -0.05) is 13.8 Å². The van der Waals surface area contributed by atoms with Crippen LogP contribution >= 0.6 is 0 Å². The molecule has 0 amide bonds. The molecule has 0 radical (unpaired) electrons. The number of H-pyrrole nitrogens is 1. The van der Waals surface area contributed by atoms with E-state index in [-0.39, 0.29) is 0 Å². The first kappa shape index (κ1) is 14.6. The molecule has 4 heteroatoms. The molecule has 0 fully saturated rings. The van der Waals surface area contributed by atoms with Gasteiger partial charge in [-0.2, -0.15) is 0 Å². The lowest BCUT2D eigenvalue weighted by atomic mass is 10.1. The number of methoxy groups -OCH3 is 1. The molecule has 114 valence electrons. The third kappa shape index (κ3) is 2.96. The molecule has 3 rings (SSSR count). The predicted molar refractivity (Wildman–Crippen MR) is 89.0 cm³/mol. The summed E-state index contributed by atoms with van der Waals surface area (Å²) in [5.41, 5.74) is 4.14. The van der Waals surface area contributed by atoms with Crippen molar-refractivity contribution in [3.8, 4) is 16.9 Å². The Morgan fingerprint density at radius 3 is 2.59 bits per heavy atom. The first-order valence-corrected chi connectivity index (χ1v) is 7.64. The molecule has 1 N–H and O–H groups in total. The maximum absolute atomic E-state index is 5.53. The van der Waals surface area contributed by atoms with Gasteiger partial charge in [0, 0.05) is 18.8 Å². The molecule has 0 bridgehead atoms.